The van der Waals surface area contributed by atoms with E-state index < -0.39 is 5.60 Å². The highest BCUT2D eigenvalue weighted by atomic mass is 16.3. The first-order valence-electron chi connectivity index (χ1n) is 13.6. The van der Waals surface area contributed by atoms with Crippen LogP contribution >= 0.6 is 0 Å². The van der Waals surface area contributed by atoms with Gasteiger partial charge < -0.3 is 19.5 Å². The molecule has 1 N–H and O–H groups in total. The fourth-order valence-electron chi connectivity index (χ4n) is 5.77. The molecule has 0 saturated carbocycles. The van der Waals surface area contributed by atoms with E-state index in [4.69, 9.17) is 4.98 Å². The maximum atomic E-state index is 13.1. The Morgan fingerprint density at radius 3 is 2.82 bits per heavy atom. The Bertz CT molecular complexity index is 1450. The smallest absolute Gasteiger partial charge is 0.222 e. The van der Waals surface area contributed by atoms with Gasteiger partial charge in [-0.1, -0.05) is 26.0 Å². The summed E-state index contributed by atoms with van der Waals surface area (Å²) in [5.74, 6) is 1.42. The zero-order valence-electron chi connectivity index (χ0n) is 22.9. The first-order chi connectivity index (χ1) is 18.2. The van der Waals surface area contributed by atoms with Gasteiger partial charge in [-0.25, -0.2) is 4.98 Å². The largest absolute Gasteiger partial charge is 0.386 e. The number of amides is 1. The minimum absolute atomic E-state index is 0.0560. The molecule has 5 rings (SSSR count). The average Bonchev–Trinajstić information content (AvgIpc) is 3.27. The molecule has 0 spiro atoms. The van der Waals surface area contributed by atoms with Gasteiger partial charge in [0.1, 0.15) is 5.82 Å². The summed E-state index contributed by atoms with van der Waals surface area (Å²) in [6.07, 6.45) is 6.27. The van der Waals surface area contributed by atoms with E-state index in [1.165, 1.54) is 0 Å². The van der Waals surface area contributed by atoms with E-state index in [0.717, 1.165) is 65.1 Å². The summed E-state index contributed by atoms with van der Waals surface area (Å²) in [6, 6.07) is 12.2. The number of piperidine rings is 1. The quantitative estimate of drug-likeness (QED) is 0.367. The SMILES string of the molecule is Cc1cc(N2CCC[C@@](O)(CN(C)C(=O)CCCn3c(C(C)C)nc4ccccc43)C2)c2cnccc2n1. The third-order valence-electron chi connectivity index (χ3n) is 7.54. The summed E-state index contributed by atoms with van der Waals surface area (Å²) in [4.78, 5) is 30.8. The van der Waals surface area contributed by atoms with Crippen molar-refractivity contribution in [2.75, 3.05) is 31.6 Å². The molecule has 1 aromatic carbocycles. The van der Waals surface area contributed by atoms with Crippen molar-refractivity contribution >= 4 is 33.5 Å². The van der Waals surface area contributed by atoms with Gasteiger partial charge in [-0.3, -0.25) is 14.8 Å². The topological polar surface area (TPSA) is 87.4 Å². The molecular formula is C30H38N6O2. The van der Waals surface area contributed by atoms with E-state index in [9.17, 15) is 9.90 Å². The lowest BCUT2D eigenvalue weighted by Gasteiger charge is -2.42. The van der Waals surface area contributed by atoms with Gasteiger partial charge in [0.05, 0.1) is 28.7 Å². The number of β-amino-alcohol motifs (C(OH)–C–C–N with tert-alkyl or cyclic N) is 1. The number of aromatic nitrogens is 4. The van der Waals surface area contributed by atoms with Crippen molar-refractivity contribution in [3.05, 3.63) is 60.3 Å². The first kappa shape index (κ1) is 26.1. The fraction of sp³-hybridized carbons (Fsp3) is 0.467. The van der Waals surface area contributed by atoms with E-state index in [1.54, 1.807) is 18.1 Å². The van der Waals surface area contributed by atoms with Crippen molar-refractivity contribution in [1.29, 1.82) is 0 Å². The summed E-state index contributed by atoms with van der Waals surface area (Å²) >= 11 is 0. The Morgan fingerprint density at radius 2 is 2.00 bits per heavy atom. The summed E-state index contributed by atoms with van der Waals surface area (Å²) in [5.41, 5.74) is 4.02. The van der Waals surface area contributed by atoms with Crippen LogP contribution in [0.3, 0.4) is 0 Å². The number of hydrogen-bond acceptors (Lipinski definition) is 6. The molecule has 8 heteroatoms. The van der Waals surface area contributed by atoms with Gasteiger partial charge in [-0.15, -0.1) is 0 Å². The summed E-state index contributed by atoms with van der Waals surface area (Å²) in [6.45, 7) is 8.67. The molecule has 4 heterocycles. The van der Waals surface area contributed by atoms with Crippen LogP contribution in [0.25, 0.3) is 21.9 Å². The Balaban J connectivity index is 1.23. The van der Waals surface area contributed by atoms with Crippen molar-refractivity contribution in [2.45, 2.75) is 64.5 Å². The second-order valence-electron chi connectivity index (χ2n) is 11.0. The third kappa shape index (κ3) is 5.36. The van der Waals surface area contributed by atoms with Crippen molar-refractivity contribution < 1.29 is 9.90 Å². The molecule has 0 aliphatic carbocycles. The Morgan fingerprint density at radius 1 is 1.18 bits per heavy atom. The fourth-order valence-corrected chi connectivity index (χ4v) is 5.77. The van der Waals surface area contributed by atoms with Gasteiger partial charge in [-0.2, -0.15) is 0 Å². The zero-order chi connectivity index (χ0) is 26.9. The molecule has 8 nitrogen and oxygen atoms in total. The summed E-state index contributed by atoms with van der Waals surface area (Å²) < 4.78 is 2.25. The van der Waals surface area contributed by atoms with Crippen LogP contribution in [-0.2, 0) is 11.3 Å². The van der Waals surface area contributed by atoms with Crippen LogP contribution in [0.15, 0.2) is 48.8 Å². The van der Waals surface area contributed by atoms with Gasteiger partial charge in [-0.05, 0) is 50.5 Å². The van der Waals surface area contributed by atoms with Crippen LogP contribution in [-0.4, -0.2) is 67.7 Å². The van der Waals surface area contributed by atoms with Crippen molar-refractivity contribution in [3.63, 3.8) is 0 Å². The highest BCUT2D eigenvalue weighted by Gasteiger charge is 2.36. The number of pyridine rings is 2. The maximum absolute atomic E-state index is 13.1. The number of carbonyl (C=O) groups is 1. The minimum atomic E-state index is -0.972. The zero-order valence-corrected chi connectivity index (χ0v) is 22.9. The number of fused-ring (bicyclic) bond motifs is 2. The second-order valence-corrected chi connectivity index (χ2v) is 11.0. The van der Waals surface area contributed by atoms with E-state index >= 15 is 0 Å². The van der Waals surface area contributed by atoms with Crippen molar-refractivity contribution in [2.24, 2.45) is 0 Å². The number of benzene rings is 1. The number of carbonyl (C=O) groups excluding carboxylic acids is 1. The van der Waals surface area contributed by atoms with Crippen LogP contribution in [0.1, 0.15) is 57.0 Å². The Hall–Kier alpha value is -3.52. The van der Waals surface area contributed by atoms with E-state index in [2.05, 4.69) is 45.4 Å². The van der Waals surface area contributed by atoms with Crippen LogP contribution in [0, 0.1) is 6.92 Å². The number of hydrogen-bond donors (Lipinski definition) is 1. The monoisotopic (exact) mass is 514 g/mol. The standard InChI is InChI=1S/C30H38N6O2/c1-21(2)29-33-25-9-5-6-10-26(25)36(29)16-7-11-28(37)34(4)19-30(38)13-8-15-35(20-30)27-17-22(3)32-24-12-14-31-18-23(24)27/h5-6,9-10,12,14,17-18,21,38H,7-8,11,13,15-16,19-20H2,1-4H3/t30-/m1/s1. The number of rotatable bonds is 8. The lowest BCUT2D eigenvalue weighted by molar-refractivity contribution is -0.133. The Labute approximate surface area is 224 Å². The highest BCUT2D eigenvalue weighted by Crippen LogP contribution is 2.32. The summed E-state index contributed by atoms with van der Waals surface area (Å²) in [5, 5.41) is 12.6. The van der Waals surface area contributed by atoms with Gasteiger partial charge in [0.2, 0.25) is 5.91 Å². The normalized spacial score (nSPS) is 18.0. The minimum Gasteiger partial charge on any atom is -0.386 e. The molecule has 0 unspecified atom stereocenters. The molecule has 200 valence electrons. The third-order valence-corrected chi connectivity index (χ3v) is 7.54. The number of imidazole rings is 1. The molecule has 0 bridgehead atoms. The molecule has 1 saturated heterocycles. The predicted octanol–water partition coefficient (Wildman–Crippen LogP) is 4.68. The van der Waals surface area contributed by atoms with Crippen LogP contribution in [0.5, 0.6) is 0 Å². The molecule has 0 radical (unpaired) electrons. The highest BCUT2D eigenvalue weighted by molar-refractivity contribution is 5.91. The number of likely N-dealkylation sites (N-methyl/N-ethyl adjacent to an activating group) is 1. The molecule has 1 atom stereocenters. The van der Waals surface area contributed by atoms with Gasteiger partial charge in [0.15, 0.2) is 0 Å². The second kappa shape index (κ2) is 10.7. The van der Waals surface area contributed by atoms with Crippen LogP contribution < -0.4 is 4.90 Å². The lowest BCUT2D eigenvalue weighted by Crippen LogP contribution is -2.54. The van der Waals surface area contributed by atoms with Gasteiger partial charge in [0, 0.05) is 68.2 Å². The van der Waals surface area contributed by atoms with E-state index in [1.807, 2.05) is 37.4 Å². The van der Waals surface area contributed by atoms with Crippen molar-refractivity contribution in [3.8, 4) is 0 Å². The summed E-state index contributed by atoms with van der Waals surface area (Å²) in [7, 11) is 1.81. The number of nitrogens with zero attached hydrogens (tertiary/aromatic N) is 6. The number of anilines is 1. The van der Waals surface area contributed by atoms with Crippen molar-refractivity contribution in [1.82, 2.24) is 24.4 Å². The molecular weight excluding hydrogens is 476 g/mol. The molecule has 1 amide bonds. The number of aliphatic hydroxyl groups is 1. The first-order valence-corrected chi connectivity index (χ1v) is 13.6. The predicted molar refractivity (Wildman–Crippen MR) is 151 cm³/mol. The molecule has 38 heavy (non-hydrogen) atoms. The van der Waals surface area contributed by atoms with Gasteiger partial charge >= 0.3 is 0 Å². The Kier molecular flexibility index (Phi) is 7.34. The van der Waals surface area contributed by atoms with E-state index in [0.29, 0.717) is 31.8 Å². The molecule has 1 aliphatic heterocycles. The lowest BCUT2D eigenvalue weighted by atomic mass is 9.91. The molecule has 1 fully saturated rings. The average molecular weight is 515 g/mol. The van der Waals surface area contributed by atoms with E-state index in [-0.39, 0.29) is 5.91 Å². The maximum Gasteiger partial charge on any atom is 0.222 e. The molecule has 3 aromatic heterocycles. The molecule has 4 aromatic rings. The number of para-hydroxylation sites is 2. The van der Waals surface area contributed by atoms with Crippen LogP contribution in [0.4, 0.5) is 5.69 Å². The van der Waals surface area contributed by atoms with Crippen LogP contribution in [0.2, 0.25) is 0 Å². The molecule has 1 aliphatic rings. The van der Waals surface area contributed by atoms with Gasteiger partial charge in [0.25, 0.3) is 0 Å². The number of aryl methyl sites for hydroxylation is 2.